The number of esters is 1. The second-order valence-corrected chi connectivity index (χ2v) is 10.5. The van der Waals surface area contributed by atoms with Crippen molar-refractivity contribution in [2.24, 2.45) is 5.92 Å². The molecule has 0 aliphatic rings. The molecule has 0 fully saturated rings. The highest BCUT2D eigenvalue weighted by Gasteiger charge is 2.29. The van der Waals surface area contributed by atoms with Crippen LogP contribution in [0.4, 0.5) is 0 Å². The molecule has 1 aromatic heterocycles. The fraction of sp³-hybridized carbons (Fsp3) is 0.172. The molecule has 3 aromatic carbocycles. The number of benzene rings is 3. The number of ketones is 1. The molecule has 0 saturated heterocycles. The Kier molecular flexibility index (Phi) is 8.01. The summed E-state index contributed by atoms with van der Waals surface area (Å²) in [6.45, 7) is 2.88. The molecule has 8 heteroatoms. The summed E-state index contributed by atoms with van der Waals surface area (Å²) >= 11 is 0. The van der Waals surface area contributed by atoms with Crippen LogP contribution in [-0.2, 0) is 19.6 Å². The third kappa shape index (κ3) is 6.41. The first kappa shape index (κ1) is 26.1. The maximum absolute atomic E-state index is 13.3. The fourth-order valence-electron chi connectivity index (χ4n) is 3.96. The fourth-order valence-corrected chi connectivity index (χ4v) is 5.09. The molecular weight excluding hydrogens is 488 g/mol. The van der Waals surface area contributed by atoms with Gasteiger partial charge in [0, 0.05) is 16.3 Å². The first-order valence-electron chi connectivity index (χ1n) is 11.9. The highest BCUT2D eigenvalue weighted by Crippen LogP contribution is 2.30. The van der Waals surface area contributed by atoms with Gasteiger partial charge in [-0.1, -0.05) is 92.7 Å². The Balaban J connectivity index is 1.50. The van der Waals surface area contributed by atoms with Gasteiger partial charge < -0.3 is 9.72 Å². The van der Waals surface area contributed by atoms with Crippen molar-refractivity contribution in [3.8, 4) is 11.3 Å². The topological polar surface area (TPSA) is 105 Å². The van der Waals surface area contributed by atoms with Gasteiger partial charge in [0.05, 0.1) is 11.3 Å². The van der Waals surface area contributed by atoms with E-state index in [2.05, 4.69) is 9.71 Å². The lowest BCUT2D eigenvalue weighted by Gasteiger charge is -2.19. The van der Waals surface area contributed by atoms with Gasteiger partial charge in [-0.15, -0.1) is 0 Å². The summed E-state index contributed by atoms with van der Waals surface area (Å²) in [7, 11) is -3.94. The number of hydrogen-bond donors (Lipinski definition) is 2. The average Bonchev–Trinajstić information content (AvgIpc) is 3.30. The zero-order chi connectivity index (χ0) is 26.4. The zero-order valence-corrected chi connectivity index (χ0v) is 21.4. The van der Waals surface area contributed by atoms with Crippen molar-refractivity contribution in [3.63, 3.8) is 0 Å². The van der Waals surface area contributed by atoms with Gasteiger partial charge in [-0.25, -0.2) is 8.42 Å². The molecule has 0 aliphatic heterocycles. The first-order valence-corrected chi connectivity index (χ1v) is 13.4. The Morgan fingerprint density at radius 2 is 1.54 bits per heavy atom. The molecule has 190 valence electrons. The number of rotatable bonds is 10. The van der Waals surface area contributed by atoms with E-state index in [-0.39, 0.29) is 5.78 Å². The summed E-state index contributed by atoms with van der Waals surface area (Å²) in [6, 6.07) is 24.6. The number of ether oxygens (including phenoxy) is 1. The number of H-pyrrole nitrogens is 1. The maximum atomic E-state index is 13.3. The molecule has 0 spiro atoms. The Labute approximate surface area is 216 Å². The van der Waals surface area contributed by atoms with Crippen molar-refractivity contribution < 1.29 is 22.7 Å². The highest BCUT2D eigenvalue weighted by molar-refractivity contribution is 7.92. The molecule has 4 rings (SSSR count). The summed E-state index contributed by atoms with van der Waals surface area (Å²) in [6.07, 6.45) is 1.44. The summed E-state index contributed by atoms with van der Waals surface area (Å²) in [4.78, 5) is 29.5. The Bertz CT molecular complexity index is 1520. The first-order chi connectivity index (χ1) is 17.7. The van der Waals surface area contributed by atoms with Crippen LogP contribution in [0.1, 0.15) is 29.8 Å². The Hall–Kier alpha value is -4.01. The van der Waals surface area contributed by atoms with E-state index in [4.69, 9.17) is 4.74 Å². The number of aromatic amines is 1. The standard InChI is InChI=1S/C29H28N2O5S/c1-20(2)27(31-37(34,35)18-17-21-11-5-3-6-12-21)29(33)36-19-25(32)26-23-15-9-10-16-24(23)30-28(26)22-13-7-4-8-14-22/h3-18,20,27,30-31H,19H2,1-2H3/b18-17+. The van der Waals surface area contributed by atoms with Gasteiger partial charge in [-0.05, 0) is 29.2 Å². The highest BCUT2D eigenvalue weighted by atomic mass is 32.2. The third-order valence-electron chi connectivity index (χ3n) is 5.84. The minimum Gasteiger partial charge on any atom is -0.456 e. The van der Waals surface area contributed by atoms with Crippen LogP contribution in [0.15, 0.2) is 90.3 Å². The summed E-state index contributed by atoms with van der Waals surface area (Å²) < 4.78 is 33.0. The van der Waals surface area contributed by atoms with Crippen LogP contribution >= 0.6 is 0 Å². The quantitative estimate of drug-likeness (QED) is 0.223. The molecule has 0 amide bonds. The SMILES string of the molecule is CC(C)C(NS(=O)(=O)/C=C/c1ccccc1)C(=O)OCC(=O)c1c(-c2ccccc2)[nH]c2ccccc12. The molecule has 37 heavy (non-hydrogen) atoms. The second-order valence-electron chi connectivity index (χ2n) is 8.92. The van der Waals surface area contributed by atoms with Gasteiger partial charge in [-0.3, -0.25) is 9.59 Å². The van der Waals surface area contributed by atoms with Crippen LogP contribution in [0.5, 0.6) is 0 Å². The van der Waals surface area contributed by atoms with E-state index < -0.39 is 34.6 Å². The van der Waals surface area contributed by atoms with Crippen LogP contribution in [0.25, 0.3) is 28.2 Å². The molecule has 1 atom stereocenters. The lowest BCUT2D eigenvalue weighted by atomic mass is 10.0. The zero-order valence-electron chi connectivity index (χ0n) is 20.5. The maximum Gasteiger partial charge on any atom is 0.324 e. The Morgan fingerprint density at radius 1 is 0.919 bits per heavy atom. The number of fused-ring (bicyclic) bond motifs is 1. The molecule has 0 radical (unpaired) electrons. The van der Waals surface area contributed by atoms with E-state index in [1.54, 1.807) is 38.1 Å². The van der Waals surface area contributed by atoms with Crippen molar-refractivity contribution in [3.05, 3.63) is 101 Å². The molecule has 0 bridgehead atoms. The van der Waals surface area contributed by atoms with Crippen LogP contribution in [-0.4, -0.2) is 37.8 Å². The van der Waals surface area contributed by atoms with Gasteiger partial charge in [0.15, 0.2) is 6.61 Å². The van der Waals surface area contributed by atoms with E-state index in [0.29, 0.717) is 16.8 Å². The molecular formula is C29H28N2O5S. The lowest BCUT2D eigenvalue weighted by molar-refractivity contribution is -0.145. The largest absolute Gasteiger partial charge is 0.456 e. The number of para-hydroxylation sites is 1. The van der Waals surface area contributed by atoms with E-state index >= 15 is 0 Å². The van der Waals surface area contributed by atoms with Crippen molar-refractivity contribution in [2.75, 3.05) is 6.61 Å². The van der Waals surface area contributed by atoms with Crippen molar-refractivity contribution >= 4 is 38.8 Å². The normalized spacial score (nSPS) is 12.7. The van der Waals surface area contributed by atoms with Crippen LogP contribution in [0.3, 0.4) is 0 Å². The molecule has 2 N–H and O–H groups in total. The van der Waals surface area contributed by atoms with Gasteiger partial charge in [0.2, 0.25) is 15.8 Å². The smallest absolute Gasteiger partial charge is 0.324 e. The molecule has 1 heterocycles. The second kappa shape index (κ2) is 11.4. The van der Waals surface area contributed by atoms with Gasteiger partial charge in [-0.2, -0.15) is 4.72 Å². The van der Waals surface area contributed by atoms with E-state index in [9.17, 15) is 18.0 Å². The number of Topliss-reactive ketones (excluding diaryl/α,β-unsaturated/α-hetero) is 1. The van der Waals surface area contributed by atoms with Gasteiger partial charge in [0.1, 0.15) is 6.04 Å². The number of carbonyl (C=O) groups is 2. The minimum atomic E-state index is -3.94. The summed E-state index contributed by atoms with van der Waals surface area (Å²) in [5.41, 5.74) is 3.37. The molecule has 0 aliphatic carbocycles. The van der Waals surface area contributed by atoms with Gasteiger partial charge >= 0.3 is 5.97 Å². The third-order valence-corrected chi connectivity index (χ3v) is 6.92. The molecule has 1 unspecified atom stereocenters. The Morgan fingerprint density at radius 3 is 2.22 bits per heavy atom. The van der Waals surface area contributed by atoms with E-state index in [1.807, 2.05) is 60.7 Å². The number of hydrogen-bond acceptors (Lipinski definition) is 5. The number of aromatic nitrogens is 1. The van der Waals surface area contributed by atoms with Crippen molar-refractivity contribution in [1.29, 1.82) is 0 Å². The summed E-state index contributed by atoms with van der Waals surface area (Å²) in [5.74, 6) is -1.62. The van der Waals surface area contributed by atoms with Crippen molar-refractivity contribution in [2.45, 2.75) is 19.9 Å². The number of nitrogens with one attached hydrogen (secondary N) is 2. The summed E-state index contributed by atoms with van der Waals surface area (Å²) in [5, 5.41) is 1.73. The van der Waals surface area contributed by atoms with Crippen LogP contribution in [0, 0.1) is 5.92 Å². The van der Waals surface area contributed by atoms with E-state index in [1.165, 1.54) is 6.08 Å². The number of sulfonamides is 1. The minimum absolute atomic E-state index is 0.390. The predicted octanol–water partition coefficient (Wildman–Crippen LogP) is 5.18. The number of carbonyl (C=O) groups excluding carboxylic acids is 2. The lowest BCUT2D eigenvalue weighted by Crippen LogP contribution is -2.45. The molecule has 4 aromatic rings. The average molecular weight is 517 g/mol. The van der Waals surface area contributed by atoms with Crippen molar-refractivity contribution in [1.82, 2.24) is 9.71 Å². The monoisotopic (exact) mass is 516 g/mol. The predicted molar refractivity (Wildman–Crippen MR) is 145 cm³/mol. The van der Waals surface area contributed by atoms with Crippen LogP contribution < -0.4 is 4.72 Å². The van der Waals surface area contributed by atoms with Gasteiger partial charge in [0.25, 0.3) is 0 Å². The molecule has 0 saturated carbocycles. The molecule has 7 nitrogen and oxygen atoms in total. The van der Waals surface area contributed by atoms with Crippen LogP contribution in [0.2, 0.25) is 0 Å². The van der Waals surface area contributed by atoms with E-state index in [0.717, 1.165) is 21.9 Å².